The quantitative estimate of drug-likeness (QED) is 0.652. The molecule has 0 saturated carbocycles. The molecule has 0 spiro atoms. The zero-order chi connectivity index (χ0) is 15.4. The van der Waals surface area contributed by atoms with Gasteiger partial charge in [-0.2, -0.15) is 0 Å². The normalized spacial score (nSPS) is 12.0. The van der Waals surface area contributed by atoms with E-state index in [0.29, 0.717) is 17.7 Å². The Hall–Kier alpha value is -2.43. The zero-order valence-corrected chi connectivity index (χ0v) is 12.0. The maximum Gasteiger partial charge on any atom is 0.274 e. The number of rotatable bonds is 5. The summed E-state index contributed by atoms with van der Waals surface area (Å²) in [5.41, 5.74) is 2.24. The molecule has 1 N–H and O–H groups in total. The maximum absolute atomic E-state index is 13.2. The van der Waals surface area contributed by atoms with Crippen molar-refractivity contribution in [3.05, 3.63) is 69.5 Å². The number of benzene rings is 2. The minimum absolute atomic E-state index is 0.106. The Balaban J connectivity index is 2.23. The van der Waals surface area contributed by atoms with Gasteiger partial charge in [0.25, 0.3) is 5.69 Å². The molecule has 4 nitrogen and oxygen atoms in total. The third kappa shape index (κ3) is 3.56. The van der Waals surface area contributed by atoms with Crippen molar-refractivity contribution in [2.45, 2.75) is 26.3 Å². The summed E-state index contributed by atoms with van der Waals surface area (Å²) in [4.78, 5) is 10.7. The molecule has 2 aromatic rings. The Morgan fingerprint density at radius 3 is 2.67 bits per heavy atom. The van der Waals surface area contributed by atoms with E-state index in [4.69, 9.17) is 0 Å². The predicted octanol–water partition coefficient (Wildman–Crippen LogP) is 4.47. The van der Waals surface area contributed by atoms with Crippen LogP contribution in [0.5, 0.6) is 0 Å². The third-order valence-electron chi connectivity index (χ3n) is 3.39. The first-order valence-corrected chi connectivity index (χ1v) is 6.80. The van der Waals surface area contributed by atoms with Crippen LogP contribution in [-0.4, -0.2) is 4.92 Å². The van der Waals surface area contributed by atoms with Gasteiger partial charge in [-0.1, -0.05) is 25.1 Å². The van der Waals surface area contributed by atoms with Gasteiger partial charge in [-0.05, 0) is 37.1 Å². The van der Waals surface area contributed by atoms with Crippen LogP contribution in [0.1, 0.15) is 31.0 Å². The Bertz CT molecular complexity index is 658. The van der Waals surface area contributed by atoms with Crippen molar-refractivity contribution in [3.63, 3.8) is 0 Å². The second-order valence-electron chi connectivity index (χ2n) is 4.88. The summed E-state index contributed by atoms with van der Waals surface area (Å²) in [5, 5.41) is 14.2. The van der Waals surface area contributed by atoms with Crippen LogP contribution in [0.3, 0.4) is 0 Å². The number of halogens is 1. The van der Waals surface area contributed by atoms with Crippen LogP contribution in [-0.2, 0) is 6.42 Å². The van der Waals surface area contributed by atoms with Gasteiger partial charge in [-0.15, -0.1) is 0 Å². The van der Waals surface area contributed by atoms with Gasteiger partial charge in [-0.3, -0.25) is 10.1 Å². The van der Waals surface area contributed by atoms with Crippen molar-refractivity contribution < 1.29 is 9.31 Å². The molecule has 0 aromatic heterocycles. The van der Waals surface area contributed by atoms with Gasteiger partial charge in [0, 0.05) is 23.4 Å². The summed E-state index contributed by atoms with van der Waals surface area (Å²) >= 11 is 0. The van der Waals surface area contributed by atoms with Crippen LogP contribution < -0.4 is 5.32 Å². The molecule has 0 bridgehead atoms. The molecule has 0 aliphatic rings. The molecule has 0 aliphatic heterocycles. The van der Waals surface area contributed by atoms with E-state index in [1.807, 2.05) is 26.0 Å². The molecule has 0 saturated heterocycles. The van der Waals surface area contributed by atoms with E-state index in [-0.39, 0.29) is 22.5 Å². The minimum Gasteiger partial charge on any atom is -0.378 e. The first-order chi connectivity index (χ1) is 10.0. The molecule has 0 aliphatic carbocycles. The number of nitro groups is 1. The summed E-state index contributed by atoms with van der Waals surface area (Å²) in [6, 6.07) is 11.2. The second-order valence-corrected chi connectivity index (χ2v) is 4.88. The molecule has 21 heavy (non-hydrogen) atoms. The van der Waals surface area contributed by atoms with Gasteiger partial charge in [-0.25, -0.2) is 4.39 Å². The van der Waals surface area contributed by atoms with Crippen LogP contribution in [0.25, 0.3) is 0 Å². The van der Waals surface area contributed by atoms with Crippen LogP contribution in [0.2, 0.25) is 0 Å². The number of nitro benzene ring substituents is 1. The molecular weight excluding hydrogens is 271 g/mol. The van der Waals surface area contributed by atoms with E-state index < -0.39 is 0 Å². The van der Waals surface area contributed by atoms with Crippen molar-refractivity contribution in [1.29, 1.82) is 0 Å². The molecule has 2 rings (SSSR count). The summed E-state index contributed by atoms with van der Waals surface area (Å²) in [6.07, 6.45) is 0.607. The summed E-state index contributed by atoms with van der Waals surface area (Å²) in [6.45, 7) is 3.76. The highest BCUT2D eigenvalue weighted by Gasteiger charge is 2.14. The fourth-order valence-electron chi connectivity index (χ4n) is 2.23. The first-order valence-electron chi connectivity index (χ1n) is 6.80. The average Bonchev–Trinajstić information content (AvgIpc) is 2.47. The van der Waals surface area contributed by atoms with Crippen molar-refractivity contribution in [2.75, 3.05) is 5.32 Å². The Kier molecular flexibility index (Phi) is 4.52. The number of aryl methyl sites for hydroxylation is 1. The monoisotopic (exact) mass is 288 g/mol. The van der Waals surface area contributed by atoms with Gasteiger partial charge in [0.05, 0.1) is 4.92 Å². The van der Waals surface area contributed by atoms with Crippen LogP contribution >= 0.6 is 0 Å². The lowest BCUT2D eigenvalue weighted by atomic mass is 10.1. The molecule has 5 heteroatoms. The van der Waals surface area contributed by atoms with Gasteiger partial charge in [0.1, 0.15) is 5.82 Å². The number of anilines is 1. The average molecular weight is 288 g/mol. The number of nitrogens with one attached hydrogen (secondary N) is 1. The second kappa shape index (κ2) is 6.35. The summed E-state index contributed by atoms with van der Waals surface area (Å²) in [5.74, 6) is -0.298. The van der Waals surface area contributed by atoms with E-state index >= 15 is 0 Å². The Morgan fingerprint density at radius 2 is 2.05 bits per heavy atom. The Morgan fingerprint density at radius 1 is 1.29 bits per heavy atom. The smallest absolute Gasteiger partial charge is 0.274 e. The molecule has 1 atom stereocenters. The lowest BCUT2D eigenvalue weighted by molar-refractivity contribution is -0.385. The predicted molar refractivity (Wildman–Crippen MR) is 80.9 cm³/mol. The maximum atomic E-state index is 13.2. The lowest BCUT2D eigenvalue weighted by Gasteiger charge is -2.16. The molecule has 110 valence electrons. The third-order valence-corrected chi connectivity index (χ3v) is 3.39. The number of hydrogen-bond acceptors (Lipinski definition) is 3. The lowest BCUT2D eigenvalue weighted by Crippen LogP contribution is -2.07. The van der Waals surface area contributed by atoms with E-state index in [9.17, 15) is 14.5 Å². The standard InChI is InChI=1S/C16H17FN2O2/c1-3-12-7-8-15(10-16(12)19(20)21)18-11(2)13-5-4-6-14(17)9-13/h4-11,18H,3H2,1-2H3. The molecule has 2 aromatic carbocycles. The van der Waals surface area contributed by atoms with E-state index in [0.717, 1.165) is 5.56 Å². The first kappa shape index (κ1) is 15.0. The number of nitrogens with zero attached hydrogens (tertiary/aromatic N) is 1. The van der Waals surface area contributed by atoms with Crippen LogP contribution in [0.4, 0.5) is 15.8 Å². The van der Waals surface area contributed by atoms with E-state index in [2.05, 4.69) is 5.32 Å². The van der Waals surface area contributed by atoms with Crippen molar-refractivity contribution in [1.82, 2.24) is 0 Å². The van der Waals surface area contributed by atoms with E-state index in [1.54, 1.807) is 12.1 Å². The zero-order valence-electron chi connectivity index (χ0n) is 12.0. The van der Waals surface area contributed by atoms with Gasteiger partial charge >= 0.3 is 0 Å². The van der Waals surface area contributed by atoms with Gasteiger partial charge < -0.3 is 5.32 Å². The van der Waals surface area contributed by atoms with E-state index in [1.165, 1.54) is 18.2 Å². The molecule has 0 radical (unpaired) electrons. The van der Waals surface area contributed by atoms with Gasteiger partial charge in [0.2, 0.25) is 0 Å². The molecule has 0 heterocycles. The summed E-state index contributed by atoms with van der Waals surface area (Å²) < 4.78 is 13.2. The highest BCUT2D eigenvalue weighted by atomic mass is 19.1. The van der Waals surface area contributed by atoms with Crippen molar-refractivity contribution in [3.8, 4) is 0 Å². The highest BCUT2D eigenvalue weighted by Crippen LogP contribution is 2.26. The molecular formula is C16H17FN2O2. The topological polar surface area (TPSA) is 55.2 Å². The van der Waals surface area contributed by atoms with Gasteiger partial charge in [0.15, 0.2) is 0 Å². The fourth-order valence-corrected chi connectivity index (χ4v) is 2.23. The van der Waals surface area contributed by atoms with Crippen LogP contribution in [0.15, 0.2) is 42.5 Å². The van der Waals surface area contributed by atoms with Crippen molar-refractivity contribution >= 4 is 11.4 Å². The minimum atomic E-state index is -0.378. The Labute approximate surface area is 122 Å². The largest absolute Gasteiger partial charge is 0.378 e. The molecule has 0 amide bonds. The van der Waals surface area contributed by atoms with Crippen LogP contribution in [0, 0.1) is 15.9 Å². The summed E-state index contributed by atoms with van der Waals surface area (Å²) in [7, 11) is 0. The fraction of sp³-hybridized carbons (Fsp3) is 0.250. The highest BCUT2D eigenvalue weighted by molar-refractivity contribution is 5.56. The molecule has 1 unspecified atom stereocenters. The number of hydrogen-bond donors (Lipinski definition) is 1. The SMILES string of the molecule is CCc1ccc(NC(C)c2cccc(F)c2)cc1[N+](=O)[O-]. The molecule has 0 fully saturated rings. The van der Waals surface area contributed by atoms with Crippen molar-refractivity contribution in [2.24, 2.45) is 0 Å².